The number of rotatable bonds is 35. The van der Waals surface area contributed by atoms with Gasteiger partial charge in [0.1, 0.15) is 0 Å². The topological polar surface area (TPSA) is 24.9 Å². The van der Waals surface area contributed by atoms with Gasteiger partial charge in [-0.2, -0.15) is 0 Å². The smallest absolute Gasteiger partial charge is 0.0716 e. The third kappa shape index (κ3) is 23.0. The van der Waals surface area contributed by atoms with Crippen LogP contribution in [0.5, 0.6) is 0 Å². The van der Waals surface area contributed by atoms with Gasteiger partial charge >= 0.3 is 0 Å². The van der Waals surface area contributed by atoms with E-state index >= 15 is 0 Å². The Morgan fingerprint density at radius 3 is 0.960 bits per heavy atom. The highest BCUT2D eigenvalue weighted by atomic mass is 16.5. The number of hydrogen-bond donors (Lipinski definition) is 0. The molecular formula is C46H80N2O2. The zero-order valence-corrected chi connectivity index (χ0v) is 33.5. The maximum atomic E-state index is 6.07. The first kappa shape index (κ1) is 44.4. The second-order valence-electron chi connectivity index (χ2n) is 14.8. The van der Waals surface area contributed by atoms with Crippen LogP contribution >= 0.6 is 0 Å². The molecule has 0 unspecified atom stereocenters. The fourth-order valence-corrected chi connectivity index (χ4v) is 6.77. The molecule has 2 rings (SSSR count). The van der Waals surface area contributed by atoms with Gasteiger partial charge in [-0.1, -0.05) is 153 Å². The third-order valence-corrected chi connectivity index (χ3v) is 10.1. The van der Waals surface area contributed by atoms with Crippen molar-refractivity contribution in [2.24, 2.45) is 0 Å². The lowest BCUT2D eigenvalue weighted by atomic mass is 10.0. The summed E-state index contributed by atoms with van der Waals surface area (Å²) < 4.78 is 12.1. The second-order valence-corrected chi connectivity index (χ2v) is 14.8. The summed E-state index contributed by atoms with van der Waals surface area (Å²) in [6.45, 7) is 19.8. The molecule has 0 aliphatic rings. The van der Waals surface area contributed by atoms with E-state index in [1.807, 2.05) is 0 Å². The van der Waals surface area contributed by atoms with Crippen LogP contribution in [0, 0.1) is 0 Å². The molecular weight excluding hydrogens is 613 g/mol. The summed E-state index contributed by atoms with van der Waals surface area (Å²) in [4.78, 5) is 5.42. The van der Waals surface area contributed by atoms with Crippen molar-refractivity contribution in [1.29, 1.82) is 0 Å². The number of ether oxygens (including phenoxy) is 2. The average molecular weight is 693 g/mol. The first-order valence-electron chi connectivity index (χ1n) is 21.5. The summed E-state index contributed by atoms with van der Waals surface area (Å²) in [5.74, 6) is 0. The Morgan fingerprint density at radius 1 is 0.340 bits per heavy atom. The van der Waals surface area contributed by atoms with Crippen molar-refractivity contribution in [2.75, 3.05) is 52.5 Å². The molecule has 0 N–H and O–H groups in total. The molecule has 0 saturated carbocycles. The third-order valence-electron chi connectivity index (χ3n) is 10.1. The summed E-state index contributed by atoms with van der Waals surface area (Å²) in [5.41, 5.74) is 5.02. The molecule has 0 spiro atoms. The van der Waals surface area contributed by atoms with Crippen molar-refractivity contribution in [2.45, 2.75) is 169 Å². The fraction of sp³-hybridized carbons (Fsp3) is 0.739. The molecule has 0 fully saturated rings. The van der Waals surface area contributed by atoms with E-state index in [1.54, 1.807) is 0 Å². The van der Waals surface area contributed by atoms with Gasteiger partial charge in [-0.3, -0.25) is 0 Å². The van der Waals surface area contributed by atoms with Crippen LogP contribution < -0.4 is 0 Å². The highest BCUT2D eigenvalue weighted by Gasteiger charge is 2.07. The number of hydrogen-bond acceptors (Lipinski definition) is 4. The van der Waals surface area contributed by atoms with E-state index in [0.29, 0.717) is 13.2 Å². The van der Waals surface area contributed by atoms with E-state index in [1.165, 1.54) is 177 Å². The fourth-order valence-electron chi connectivity index (χ4n) is 6.77. The van der Waals surface area contributed by atoms with Crippen LogP contribution in [0.25, 0.3) is 11.1 Å². The molecule has 0 atom stereocenters. The maximum absolute atomic E-state index is 6.07. The van der Waals surface area contributed by atoms with Gasteiger partial charge in [0.25, 0.3) is 0 Å². The van der Waals surface area contributed by atoms with Gasteiger partial charge < -0.3 is 19.3 Å². The minimum atomic E-state index is 0.699. The van der Waals surface area contributed by atoms with E-state index < -0.39 is 0 Å². The van der Waals surface area contributed by atoms with Crippen LogP contribution in [0.2, 0.25) is 0 Å². The predicted octanol–water partition coefficient (Wildman–Crippen LogP) is 12.9. The van der Waals surface area contributed by atoms with Crippen LogP contribution in [0.15, 0.2) is 48.5 Å². The molecule has 50 heavy (non-hydrogen) atoms. The highest BCUT2D eigenvalue weighted by Crippen LogP contribution is 2.21. The first-order chi connectivity index (χ1) is 24.7. The van der Waals surface area contributed by atoms with E-state index in [4.69, 9.17) is 9.47 Å². The van der Waals surface area contributed by atoms with Crippen molar-refractivity contribution < 1.29 is 9.47 Å². The van der Waals surface area contributed by atoms with Gasteiger partial charge in [0, 0.05) is 13.2 Å². The lowest BCUT2D eigenvalue weighted by Gasteiger charge is -2.22. The van der Waals surface area contributed by atoms with Gasteiger partial charge in [0.15, 0.2) is 0 Å². The van der Waals surface area contributed by atoms with Crippen molar-refractivity contribution in [3.8, 4) is 11.1 Å². The predicted molar refractivity (Wildman–Crippen MR) is 219 cm³/mol. The highest BCUT2D eigenvalue weighted by molar-refractivity contribution is 5.63. The van der Waals surface area contributed by atoms with Crippen molar-refractivity contribution in [3.63, 3.8) is 0 Å². The lowest BCUT2D eigenvalue weighted by Crippen LogP contribution is -2.27. The SMILES string of the molecule is CCCCCCCN(CCCCC)CCCCOCc1ccc(-c2ccc(COCCCCN(CCCCC)CCCCCCC)cc2)cc1. The van der Waals surface area contributed by atoms with Crippen molar-refractivity contribution in [3.05, 3.63) is 59.7 Å². The van der Waals surface area contributed by atoms with Gasteiger partial charge in [0.2, 0.25) is 0 Å². The summed E-state index contributed by atoms with van der Waals surface area (Å²) in [6, 6.07) is 17.8. The minimum Gasteiger partial charge on any atom is -0.377 e. The molecule has 4 nitrogen and oxygen atoms in total. The van der Waals surface area contributed by atoms with Crippen LogP contribution in [-0.4, -0.2) is 62.3 Å². The van der Waals surface area contributed by atoms with Crippen LogP contribution in [0.1, 0.15) is 167 Å². The lowest BCUT2D eigenvalue weighted by molar-refractivity contribution is 0.114. The van der Waals surface area contributed by atoms with E-state index in [9.17, 15) is 0 Å². The molecule has 0 amide bonds. The summed E-state index contributed by atoms with van der Waals surface area (Å²) >= 11 is 0. The zero-order chi connectivity index (χ0) is 35.7. The van der Waals surface area contributed by atoms with Crippen molar-refractivity contribution in [1.82, 2.24) is 9.80 Å². The summed E-state index contributed by atoms with van der Waals surface area (Å²) in [7, 11) is 0. The molecule has 4 heteroatoms. The standard InChI is InChI=1S/C46H80N2O2/c1-5-9-13-15-19-35-47(33-17-11-7-3)37-21-23-39-49-41-43-25-29-45(30-26-43)46-31-27-44(28-32-46)42-50-40-24-22-38-48(34-18-12-8-4)36-20-16-14-10-6-2/h25-32H,5-24,33-42H2,1-4H3. The molecule has 0 aliphatic carbocycles. The average Bonchev–Trinajstić information content (AvgIpc) is 3.14. The number of unbranched alkanes of at least 4 members (excludes halogenated alkanes) is 14. The molecule has 286 valence electrons. The summed E-state index contributed by atoms with van der Waals surface area (Å²) in [6.07, 6.45) is 26.5. The molecule has 0 saturated heterocycles. The molecule has 0 radical (unpaired) electrons. The van der Waals surface area contributed by atoms with Gasteiger partial charge in [-0.25, -0.2) is 0 Å². The minimum absolute atomic E-state index is 0.699. The molecule has 2 aromatic rings. The van der Waals surface area contributed by atoms with E-state index in [-0.39, 0.29) is 0 Å². The zero-order valence-electron chi connectivity index (χ0n) is 33.5. The first-order valence-corrected chi connectivity index (χ1v) is 21.5. The van der Waals surface area contributed by atoms with Crippen LogP contribution in [-0.2, 0) is 22.7 Å². The monoisotopic (exact) mass is 693 g/mol. The Kier molecular flexibility index (Phi) is 28.4. The van der Waals surface area contributed by atoms with Crippen LogP contribution in [0.3, 0.4) is 0 Å². The Balaban J connectivity index is 1.61. The Labute approximate surface area is 311 Å². The normalized spacial score (nSPS) is 11.7. The van der Waals surface area contributed by atoms with E-state index in [0.717, 1.165) is 26.1 Å². The van der Waals surface area contributed by atoms with Gasteiger partial charge in [-0.15, -0.1) is 0 Å². The van der Waals surface area contributed by atoms with Crippen molar-refractivity contribution >= 4 is 0 Å². The second kappa shape index (κ2) is 32.0. The largest absolute Gasteiger partial charge is 0.377 e. The Hall–Kier alpha value is -1.72. The quantitative estimate of drug-likeness (QED) is 0.0671. The Morgan fingerprint density at radius 2 is 0.620 bits per heavy atom. The summed E-state index contributed by atoms with van der Waals surface area (Å²) in [5, 5.41) is 0. The molecule has 0 bridgehead atoms. The molecule has 0 aromatic heterocycles. The number of benzene rings is 2. The maximum Gasteiger partial charge on any atom is 0.0716 e. The molecule has 0 aliphatic heterocycles. The van der Waals surface area contributed by atoms with Gasteiger partial charge in [-0.05, 0) is 113 Å². The molecule has 0 heterocycles. The number of nitrogens with zero attached hydrogens (tertiary/aromatic N) is 2. The molecule has 2 aromatic carbocycles. The Bertz CT molecular complexity index is 911. The van der Waals surface area contributed by atoms with Gasteiger partial charge in [0.05, 0.1) is 13.2 Å². The van der Waals surface area contributed by atoms with E-state index in [2.05, 4.69) is 86.0 Å². The van der Waals surface area contributed by atoms with Crippen LogP contribution in [0.4, 0.5) is 0 Å².